The molecule has 1 heterocycles. The van der Waals surface area contributed by atoms with Gasteiger partial charge in [0.15, 0.2) is 10.9 Å². The summed E-state index contributed by atoms with van der Waals surface area (Å²) >= 11 is 16.9. The Morgan fingerprint density at radius 2 is 1.69 bits per heavy atom. The van der Waals surface area contributed by atoms with Crippen molar-refractivity contribution in [2.75, 3.05) is 5.32 Å². The van der Waals surface area contributed by atoms with Crippen LogP contribution in [0.15, 0.2) is 65.1 Å². The van der Waals surface area contributed by atoms with Crippen LogP contribution in [-0.2, 0) is 0 Å². The first-order valence-electron chi connectivity index (χ1n) is 7.50. The van der Waals surface area contributed by atoms with Crippen LogP contribution < -0.4 is 16.2 Å². The smallest absolute Gasteiger partial charge is 0.305 e. The summed E-state index contributed by atoms with van der Waals surface area (Å²) < 4.78 is 5.56. The summed E-state index contributed by atoms with van der Waals surface area (Å²) in [6, 6.07) is 17.5. The molecule has 0 aliphatic rings. The largest absolute Gasteiger partial charge is 0.451 e. The minimum absolute atomic E-state index is 0.146. The number of halogens is 2. The topological polar surface area (TPSA) is 66.3 Å². The van der Waals surface area contributed by atoms with E-state index < -0.39 is 5.91 Å². The average Bonchev–Trinajstić information content (AvgIpc) is 3.10. The van der Waals surface area contributed by atoms with Gasteiger partial charge in [-0.1, -0.05) is 29.3 Å². The molecule has 1 aromatic heterocycles. The molecule has 0 aliphatic heterocycles. The molecule has 0 fully saturated rings. The van der Waals surface area contributed by atoms with Crippen LogP contribution in [0.5, 0.6) is 0 Å². The third-order valence-electron chi connectivity index (χ3n) is 3.33. The van der Waals surface area contributed by atoms with Crippen LogP contribution in [0.2, 0.25) is 10.0 Å². The molecule has 0 saturated carbocycles. The minimum Gasteiger partial charge on any atom is -0.451 e. The predicted molar refractivity (Wildman–Crippen MR) is 107 cm³/mol. The second kappa shape index (κ2) is 8.23. The Labute approximate surface area is 165 Å². The Balaban J connectivity index is 1.56. The molecule has 0 radical (unpaired) electrons. The maximum Gasteiger partial charge on any atom is 0.305 e. The van der Waals surface area contributed by atoms with E-state index in [-0.39, 0.29) is 10.9 Å². The summed E-state index contributed by atoms with van der Waals surface area (Å²) in [7, 11) is 0. The van der Waals surface area contributed by atoms with Crippen LogP contribution in [0.3, 0.4) is 0 Å². The highest BCUT2D eigenvalue weighted by Crippen LogP contribution is 2.23. The molecule has 132 valence electrons. The summed E-state index contributed by atoms with van der Waals surface area (Å²) in [4.78, 5) is 12.2. The van der Waals surface area contributed by atoms with E-state index in [4.69, 9.17) is 39.8 Å². The summed E-state index contributed by atoms with van der Waals surface area (Å²) in [5, 5.41) is 4.32. The molecule has 5 nitrogen and oxygen atoms in total. The van der Waals surface area contributed by atoms with E-state index in [9.17, 15) is 4.79 Å². The number of amides is 1. The first-order valence-corrected chi connectivity index (χ1v) is 8.66. The summed E-state index contributed by atoms with van der Waals surface area (Å²) in [6.45, 7) is 0. The van der Waals surface area contributed by atoms with Crippen molar-refractivity contribution < 1.29 is 9.21 Å². The van der Waals surface area contributed by atoms with Gasteiger partial charge >= 0.3 is 5.91 Å². The van der Waals surface area contributed by atoms with E-state index in [1.807, 2.05) is 12.1 Å². The molecule has 2 aromatic carbocycles. The van der Waals surface area contributed by atoms with Gasteiger partial charge in [0.2, 0.25) is 0 Å². The number of hydrazine groups is 1. The van der Waals surface area contributed by atoms with E-state index in [1.165, 1.54) is 0 Å². The molecule has 26 heavy (non-hydrogen) atoms. The molecule has 0 aliphatic carbocycles. The van der Waals surface area contributed by atoms with Crippen molar-refractivity contribution in [3.63, 3.8) is 0 Å². The van der Waals surface area contributed by atoms with Gasteiger partial charge in [-0.3, -0.25) is 15.6 Å². The van der Waals surface area contributed by atoms with Gasteiger partial charge in [-0.15, -0.1) is 0 Å². The lowest BCUT2D eigenvalue weighted by Crippen LogP contribution is -2.43. The van der Waals surface area contributed by atoms with Crippen molar-refractivity contribution in [3.8, 4) is 11.3 Å². The van der Waals surface area contributed by atoms with Gasteiger partial charge in [-0.25, -0.2) is 0 Å². The van der Waals surface area contributed by atoms with Gasteiger partial charge < -0.3 is 9.73 Å². The zero-order valence-corrected chi connectivity index (χ0v) is 15.6. The average molecular weight is 406 g/mol. The highest BCUT2D eigenvalue weighted by Gasteiger charge is 2.12. The Morgan fingerprint density at radius 3 is 2.42 bits per heavy atom. The Morgan fingerprint density at radius 1 is 0.923 bits per heavy atom. The molecule has 3 aromatic rings. The van der Waals surface area contributed by atoms with E-state index in [0.29, 0.717) is 21.5 Å². The second-order valence-corrected chi connectivity index (χ2v) is 6.50. The molecule has 0 bridgehead atoms. The number of hydrogen-bond donors (Lipinski definition) is 3. The van der Waals surface area contributed by atoms with Crippen LogP contribution in [0.4, 0.5) is 5.69 Å². The number of anilines is 1. The zero-order valence-electron chi connectivity index (χ0n) is 13.3. The lowest BCUT2D eigenvalue weighted by molar-refractivity contribution is 0.0917. The number of furan rings is 1. The first kappa shape index (κ1) is 18.3. The molecule has 0 spiro atoms. The fourth-order valence-electron chi connectivity index (χ4n) is 2.13. The van der Waals surface area contributed by atoms with Gasteiger partial charge in [0, 0.05) is 21.3 Å². The van der Waals surface area contributed by atoms with E-state index >= 15 is 0 Å². The van der Waals surface area contributed by atoms with Gasteiger partial charge in [-0.05, 0) is 66.8 Å². The third-order valence-corrected chi connectivity index (χ3v) is 4.02. The molecule has 1 amide bonds. The van der Waals surface area contributed by atoms with E-state index in [2.05, 4.69) is 16.2 Å². The van der Waals surface area contributed by atoms with Crippen LogP contribution >= 0.6 is 35.4 Å². The van der Waals surface area contributed by atoms with Crippen molar-refractivity contribution in [2.45, 2.75) is 0 Å². The number of carbonyl (C=O) groups is 1. The standard InChI is InChI=1S/C18H13Cl2N3O2S/c19-12-6-4-11(5-7-12)15-8-9-16(25-15)17(24)22-23-18(26)21-14-3-1-2-13(20)10-14/h1-10H,(H,22,24)(H2,21,23,26). The Hall–Kier alpha value is -2.54. The van der Waals surface area contributed by atoms with Crippen molar-refractivity contribution >= 4 is 52.1 Å². The summed E-state index contributed by atoms with van der Waals surface area (Å²) in [5.41, 5.74) is 6.59. The highest BCUT2D eigenvalue weighted by atomic mass is 35.5. The fourth-order valence-corrected chi connectivity index (χ4v) is 2.62. The first-order chi connectivity index (χ1) is 12.5. The minimum atomic E-state index is -0.458. The molecule has 0 unspecified atom stereocenters. The Kier molecular flexibility index (Phi) is 5.78. The molecule has 0 atom stereocenters. The monoisotopic (exact) mass is 405 g/mol. The van der Waals surface area contributed by atoms with E-state index in [1.54, 1.807) is 48.5 Å². The zero-order chi connectivity index (χ0) is 18.5. The normalized spacial score (nSPS) is 10.2. The van der Waals surface area contributed by atoms with Crippen molar-refractivity contribution in [3.05, 3.63) is 76.5 Å². The van der Waals surface area contributed by atoms with Gasteiger partial charge in [-0.2, -0.15) is 0 Å². The lowest BCUT2D eigenvalue weighted by atomic mass is 10.2. The molecule has 8 heteroatoms. The second-order valence-electron chi connectivity index (χ2n) is 5.21. The number of nitrogens with one attached hydrogen (secondary N) is 3. The van der Waals surface area contributed by atoms with Gasteiger partial charge in [0.25, 0.3) is 0 Å². The molecular weight excluding hydrogens is 393 g/mol. The van der Waals surface area contributed by atoms with Crippen LogP contribution in [0.1, 0.15) is 10.6 Å². The van der Waals surface area contributed by atoms with Gasteiger partial charge in [0.05, 0.1) is 0 Å². The van der Waals surface area contributed by atoms with Crippen molar-refractivity contribution in [1.29, 1.82) is 0 Å². The fraction of sp³-hybridized carbons (Fsp3) is 0. The number of benzene rings is 2. The number of carbonyl (C=O) groups excluding carboxylic acids is 1. The van der Waals surface area contributed by atoms with Gasteiger partial charge in [0.1, 0.15) is 5.76 Å². The number of rotatable bonds is 3. The Bertz CT molecular complexity index is 942. The van der Waals surface area contributed by atoms with Crippen LogP contribution in [0, 0.1) is 0 Å². The lowest BCUT2D eigenvalue weighted by Gasteiger charge is -2.11. The van der Waals surface area contributed by atoms with E-state index in [0.717, 1.165) is 5.56 Å². The molecule has 3 rings (SSSR count). The van der Waals surface area contributed by atoms with Crippen molar-refractivity contribution in [2.24, 2.45) is 0 Å². The molecule has 3 N–H and O–H groups in total. The van der Waals surface area contributed by atoms with Crippen LogP contribution in [-0.4, -0.2) is 11.0 Å². The quantitative estimate of drug-likeness (QED) is 0.427. The highest BCUT2D eigenvalue weighted by molar-refractivity contribution is 7.80. The SMILES string of the molecule is O=C(NNC(=S)Nc1cccc(Cl)c1)c1ccc(-c2ccc(Cl)cc2)o1. The molecule has 0 saturated heterocycles. The van der Waals surface area contributed by atoms with Crippen molar-refractivity contribution in [1.82, 2.24) is 10.9 Å². The number of thiocarbonyl (C=S) groups is 1. The maximum absolute atomic E-state index is 12.2. The molecular formula is C18H13Cl2N3O2S. The number of hydrogen-bond acceptors (Lipinski definition) is 3. The maximum atomic E-state index is 12.2. The summed E-state index contributed by atoms with van der Waals surface area (Å²) in [6.07, 6.45) is 0. The summed E-state index contributed by atoms with van der Waals surface area (Å²) in [5.74, 6) is 0.250. The third kappa shape index (κ3) is 4.76. The van der Waals surface area contributed by atoms with Crippen LogP contribution in [0.25, 0.3) is 11.3 Å². The predicted octanol–water partition coefficient (Wildman–Crippen LogP) is 4.88.